The average Bonchev–Trinajstić information content (AvgIpc) is 2.88. The smallest absolute Gasteiger partial charge is 0.132 e. The van der Waals surface area contributed by atoms with Crippen molar-refractivity contribution in [3.8, 4) is 0 Å². The van der Waals surface area contributed by atoms with Crippen LogP contribution in [0.3, 0.4) is 0 Å². The standard InChI is InChI=1S/C29H34O4S/c1-3-34-29-28(32-21-25-17-11-6-12-18-25)27(31-20-24-15-9-5-10-16-24)26(22(2)33-29)30-19-23-13-7-4-8-14-23/h4-18,22,26-29H,3,19-21H2,1-2H3/t22?,26-,27-,28?,29-/m1/s1. The molecule has 180 valence electrons. The molecule has 0 aromatic heterocycles. The second kappa shape index (κ2) is 13.1. The highest BCUT2D eigenvalue weighted by molar-refractivity contribution is 7.99. The van der Waals surface area contributed by atoms with Crippen molar-refractivity contribution in [3.63, 3.8) is 0 Å². The van der Waals surface area contributed by atoms with Crippen LogP contribution in [0, 0.1) is 0 Å². The maximum atomic E-state index is 6.57. The number of hydrogen-bond acceptors (Lipinski definition) is 5. The third-order valence-electron chi connectivity index (χ3n) is 5.91. The quantitative estimate of drug-likeness (QED) is 0.326. The maximum Gasteiger partial charge on any atom is 0.132 e. The van der Waals surface area contributed by atoms with Gasteiger partial charge in [0, 0.05) is 0 Å². The van der Waals surface area contributed by atoms with E-state index in [9.17, 15) is 0 Å². The first-order chi connectivity index (χ1) is 16.7. The van der Waals surface area contributed by atoms with Gasteiger partial charge in [-0.25, -0.2) is 0 Å². The van der Waals surface area contributed by atoms with Crippen molar-refractivity contribution in [2.75, 3.05) is 5.75 Å². The van der Waals surface area contributed by atoms with Gasteiger partial charge in [-0.1, -0.05) is 97.9 Å². The van der Waals surface area contributed by atoms with Gasteiger partial charge < -0.3 is 18.9 Å². The monoisotopic (exact) mass is 478 g/mol. The molecule has 5 heteroatoms. The van der Waals surface area contributed by atoms with Crippen LogP contribution in [0.4, 0.5) is 0 Å². The Morgan fingerprint density at radius 2 is 1.03 bits per heavy atom. The molecule has 34 heavy (non-hydrogen) atoms. The molecule has 1 saturated heterocycles. The van der Waals surface area contributed by atoms with E-state index in [0.717, 1.165) is 22.4 Å². The first-order valence-corrected chi connectivity index (χ1v) is 13.0. The van der Waals surface area contributed by atoms with E-state index in [1.54, 1.807) is 11.8 Å². The first kappa shape index (κ1) is 25.0. The fraction of sp³-hybridized carbons (Fsp3) is 0.379. The summed E-state index contributed by atoms with van der Waals surface area (Å²) < 4.78 is 26.0. The zero-order valence-electron chi connectivity index (χ0n) is 19.9. The highest BCUT2D eigenvalue weighted by Gasteiger charge is 2.46. The molecule has 5 atom stereocenters. The van der Waals surface area contributed by atoms with Crippen LogP contribution in [0.1, 0.15) is 30.5 Å². The van der Waals surface area contributed by atoms with Gasteiger partial charge in [0.1, 0.15) is 23.7 Å². The van der Waals surface area contributed by atoms with Gasteiger partial charge in [-0.05, 0) is 29.4 Å². The fourth-order valence-electron chi connectivity index (χ4n) is 4.17. The van der Waals surface area contributed by atoms with Crippen molar-refractivity contribution in [1.29, 1.82) is 0 Å². The van der Waals surface area contributed by atoms with Gasteiger partial charge in [0.05, 0.1) is 25.9 Å². The minimum atomic E-state index is -0.263. The van der Waals surface area contributed by atoms with Crippen LogP contribution in [0.15, 0.2) is 91.0 Å². The van der Waals surface area contributed by atoms with Gasteiger partial charge in [0.2, 0.25) is 0 Å². The van der Waals surface area contributed by atoms with Crippen molar-refractivity contribution in [1.82, 2.24) is 0 Å². The van der Waals surface area contributed by atoms with Crippen LogP contribution in [0.2, 0.25) is 0 Å². The summed E-state index contributed by atoms with van der Waals surface area (Å²) in [4.78, 5) is 0. The van der Waals surface area contributed by atoms with E-state index >= 15 is 0 Å². The Morgan fingerprint density at radius 3 is 1.47 bits per heavy atom. The Labute approximate surface area is 207 Å². The predicted octanol–water partition coefficient (Wildman–Crippen LogP) is 6.24. The molecule has 1 heterocycles. The van der Waals surface area contributed by atoms with E-state index < -0.39 is 0 Å². The summed E-state index contributed by atoms with van der Waals surface area (Å²) in [6.07, 6.45) is -0.894. The maximum absolute atomic E-state index is 6.57. The molecule has 1 fully saturated rings. The van der Waals surface area contributed by atoms with E-state index in [4.69, 9.17) is 18.9 Å². The summed E-state index contributed by atoms with van der Waals surface area (Å²) in [5.74, 6) is 0.934. The number of rotatable bonds is 11. The third-order valence-corrected chi connectivity index (χ3v) is 6.96. The van der Waals surface area contributed by atoms with Gasteiger partial charge in [0.15, 0.2) is 0 Å². The van der Waals surface area contributed by atoms with Crippen LogP contribution in [-0.4, -0.2) is 35.6 Å². The van der Waals surface area contributed by atoms with Gasteiger partial charge in [-0.3, -0.25) is 0 Å². The lowest BCUT2D eigenvalue weighted by Gasteiger charge is -2.45. The summed E-state index contributed by atoms with van der Waals surface area (Å²) >= 11 is 1.76. The van der Waals surface area contributed by atoms with Crippen molar-refractivity contribution in [3.05, 3.63) is 108 Å². The molecule has 0 aliphatic carbocycles. The number of ether oxygens (including phenoxy) is 4. The molecule has 0 bridgehead atoms. The fourth-order valence-corrected chi connectivity index (χ4v) is 5.17. The lowest BCUT2D eigenvalue weighted by atomic mass is 9.99. The minimum Gasteiger partial charge on any atom is -0.368 e. The van der Waals surface area contributed by atoms with Crippen LogP contribution in [0.5, 0.6) is 0 Å². The van der Waals surface area contributed by atoms with Gasteiger partial charge in [-0.15, -0.1) is 11.8 Å². The number of thioether (sulfide) groups is 1. The summed E-state index contributed by atoms with van der Waals surface area (Å²) in [6, 6.07) is 30.7. The normalized spacial score (nSPS) is 24.7. The molecule has 0 radical (unpaired) electrons. The van der Waals surface area contributed by atoms with Crippen LogP contribution >= 0.6 is 11.8 Å². The molecule has 1 aliphatic heterocycles. The highest BCUT2D eigenvalue weighted by Crippen LogP contribution is 2.34. The summed E-state index contributed by atoms with van der Waals surface area (Å²) in [6.45, 7) is 5.72. The zero-order valence-corrected chi connectivity index (χ0v) is 20.7. The van der Waals surface area contributed by atoms with Crippen molar-refractivity contribution >= 4 is 11.8 Å². The molecule has 2 unspecified atom stereocenters. The molecule has 3 aromatic carbocycles. The molecule has 0 spiro atoms. The molecule has 0 amide bonds. The van der Waals surface area contributed by atoms with Crippen molar-refractivity contribution in [2.24, 2.45) is 0 Å². The zero-order chi connectivity index (χ0) is 23.6. The van der Waals surface area contributed by atoms with Crippen LogP contribution in [0.25, 0.3) is 0 Å². The number of hydrogen-bond donors (Lipinski definition) is 0. The molecule has 4 nitrogen and oxygen atoms in total. The van der Waals surface area contributed by atoms with Crippen LogP contribution < -0.4 is 0 Å². The predicted molar refractivity (Wildman–Crippen MR) is 138 cm³/mol. The Morgan fingerprint density at radius 1 is 0.618 bits per heavy atom. The lowest BCUT2D eigenvalue weighted by Crippen LogP contribution is -2.58. The van der Waals surface area contributed by atoms with Crippen molar-refractivity contribution < 1.29 is 18.9 Å². The molecular formula is C29H34O4S. The number of benzene rings is 3. The Hall–Kier alpha value is -2.15. The van der Waals surface area contributed by atoms with Gasteiger partial charge in [-0.2, -0.15) is 0 Å². The topological polar surface area (TPSA) is 36.9 Å². The van der Waals surface area contributed by atoms with Crippen LogP contribution in [-0.2, 0) is 38.8 Å². The summed E-state index contributed by atoms with van der Waals surface area (Å²) in [5.41, 5.74) is 3.26. The SMILES string of the molecule is CCS[C@H]1OC(C)[C@@H](OCc2ccccc2)[C@@H](OCc2ccccc2)C1OCc1ccccc1. The first-order valence-electron chi connectivity index (χ1n) is 12.0. The van der Waals surface area contributed by atoms with E-state index in [1.807, 2.05) is 54.6 Å². The molecular weight excluding hydrogens is 444 g/mol. The van der Waals surface area contributed by atoms with Gasteiger partial charge >= 0.3 is 0 Å². The second-order valence-corrected chi connectivity index (χ2v) is 9.82. The lowest BCUT2D eigenvalue weighted by molar-refractivity contribution is -0.242. The Kier molecular flexibility index (Phi) is 9.60. The van der Waals surface area contributed by atoms with E-state index in [1.165, 1.54) is 0 Å². The van der Waals surface area contributed by atoms with E-state index in [0.29, 0.717) is 19.8 Å². The third kappa shape index (κ3) is 6.94. The van der Waals surface area contributed by atoms with E-state index in [-0.39, 0.29) is 29.9 Å². The molecule has 0 N–H and O–H groups in total. The molecule has 4 rings (SSSR count). The van der Waals surface area contributed by atoms with E-state index in [2.05, 4.69) is 50.2 Å². The minimum absolute atomic E-state index is 0.120. The largest absolute Gasteiger partial charge is 0.368 e. The molecule has 0 saturated carbocycles. The summed E-state index contributed by atoms with van der Waals surface area (Å²) in [5, 5.41) is 0. The highest BCUT2D eigenvalue weighted by atomic mass is 32.2. The molecule has 1 aliphatic rings. The Bertz CT molecular complexity index is 954. The second-order valence-electron chi connectivity index (χ2n) is 8.45. The van der Waals surface area contributed by atoms with Crippen molar-refractivity contribution in [2.45, 2.75) is 63.5 Å². The molecule has 3 aromatic rings. The van der Waals surface area contributed by atoms with Gasteiger partial charge in [0.25, 0.3) is 0 Å². The average molecular weight is 479 g/mol. The summed E-state index contributed by atoms with van der Waals surface area (Å²) in [7, 11) is 0. The Balaban J connectivity index is 1.55.